The van der Waals surface area contributed by atoms with Crippen LogP contribution in [0.2, 0.25) is 10.0 Å². The van der Waals surface area contributed by atoms with Crippen molar-refractivity contribution >= 4 is 56.9 Å². The third-order valence-corrected chi connectivity index (χ3v) is 6.02. The predicted octanol–water partition coefficient (Wildman–Crippen LogP) is 5.82. The zero-order chi connectivity index (χ0) is 19.5. The number of benzene rings is 1. The van der Waals surface area contributed by atoms with Crippen LogP contribution in [0.25, 0.3) is 21.8 Å². The van der Waals surface area contributed by atoms with Gasteiger partial charge >= 0.3 is 0 Å². The first-order chi connectivity index (χ1) is 13.6. The van der Waals surface area contributed by atoms with E-state index in [0.717, 1.165) is 16.1 Å². The molecule has 0 fully saturated rings. The minimum Gasteiger partial charge on any atom is -0.302 e. The smallest absolute Gasteiger partial charge is 0.232 e. The summed E-state index contributed by atoms with van der Waals surface area (Å²) in [5, 5.41) is 8.98. The third kappa shape index (κ3) is 4.39. The molecule has 5 nitrogen and oxygen atoms in total. The summed E-state index contributed by atoms with van der Waals surface area (Å²) in [5.74, 6) is -0.180. The van der Waals surface area contributed by atoms with Gasteiger partial charge in [0, 0.05) is 39.3 Å². The molecule has 0 aliphatic carbocycles. The summed E-state index contributed by atoms with van der Waals surface area (Å²) >= 11 is 15.1. The number of carbonyl (C=O) groups is 1. The Morgan fingerprint density at radius 2 is 2.00 bits per heavy atom. The second-order valence-electron chi connectivity index (χ2n) is 5.77. The first kappa shape index (κ1) is 19.0. The van der Waals surface area contributed by atoms with Crippen molar-refractivity contribution in [1.82, 2.24) is 15.0 Å². The minimum atomic E-state index is -0.180. The van der Waals surface area contributed by atoms with Crippen LogP contribution in [0.1, 0.15) is 5.69 Å². The fraction of sp³-hybridized carbons (Fsp3) is 0.0526. The second kappa shape index (κ2) is 8.36. The average Bonchev–Trinajstić information content (AvgIpc) is 3.34. The number of pyridine rings is 1. The molecule has 0 saturated heterocycles. The summed E-state index contributed by atoms with van der Waals surface area (Å²) in [7, 11) is 0. The number of nitrogens with zero attached hydrogens (tertiary/aromatic N) is 3. The van der Waals surface area contributed by atoms with E-state index in [0.29, 0.717) is 26.6 Å². The van der Waals surface area contributed by atoms with Gasteiger partial charge in [-0.1, -0.05) is 23.2 Å². The van der Waals surface area contributed by atoms with Crippen molar-refractivity contribution < 1.29 is 4.79 Å². The largest absolute Gasteiger partial charge is 0.302 e. The average molecular weight is 447 g/mol. The van der Waals surface area contributed by atoms with E-state index >= 15 is 0 Å². The van der Waals surface area contributed by atoms with Gasteiger partial charge in [-0.25, -0.2) is 9.97 Å². The molecule has 3 heterocycles. The Morgan fingerprint density at radius 3 is 2.82 bits per heavy atom. The Hall–Kier alpha value is -2.32. The highest BCUT2D eigenvalue weighted by molar-refractivity contribution is 7.14. The van der Waals surface area contributed by atoms with Gasteiger partial charge in [0.2, 0.25) is 5.91 Å². The molecule has 0 bridgehead atoms. The van der Waals surface area contributed by atoms with Crippen LogP contribution in [0.4, 0.5) is 5.13 Å². The molecule has 0 saturated carbocycles. The molecule has 140 valence electrons. The number of nitrogens with one attached hydrogen (secondary N) is 1. The van der Waals surface area contributed by atoms with E-state index in [2.05, 4.69) is 20.3 Å². The lowest BCUT2D eigenvalue weighted by atomic mass is 10.2. The zero-order valence-electron chi connectivity index (χ0n) is 14.2. The van der Waals surface area contributed by atoms with Crippen LogP contribution >= 0.6 is 45.9 Å². The van der Waals surface area contributed by atoms with Gasteiger partial charge in [-0.05, 0) is 30.3 Å². The summed E-state index contributed by atoms with van der Waals surface area (Å²) in [5.41, 5.74) is 3.03. The van der Waals surface area contributed by atoms with Gasteiger partial charge in [-0.3, -0.25) is 9.78 Å². The fourth-order valence-electron chi connectivity index (χ4n) is 2.49. The van der Waals surface area contributed by atoms with Crippen LogP contribution in [0.15, 0.2) is 53.5 Å². The van der Waals surface area contributed by atoms with Crippen molar-refractivity contribution in [2.75, 3.05) is 5.32 Å². The summed E-state index contributed by atoms with van der Waals surface area (Å²) < 4.78 is 0. The monoisotopic (exact) mass is 446 g/mol. The predicted molar refractivity (Wildman–Crippen MR) is 115 cm³/mol. The first-order valence-electron chi connectivity index (χ1n) is 8.14. The number of carbonyl (C=O) groups excluding carboxylic acids is 1. The van der Waals surface area contributed by atoms with Crippen molar-refractivity contribution in [3.05, 3.63) is 69.2 Å². The second-order valence-corrected chi connectivity index (χ2v) is 8.33. The Morgan fingerprint density at radius 1 is 1.11 bits per heavy atom. The van der Waals surface area contributed by atoms with Gasteiger partial charge in [-0.2, -0.15) is 0 Å². The molecule has 9 heteroatoms. The molecule has 1 amide bonds. The molecular formula is C19H12Cl2N4OS2. The van der Waals surface area contributed by atoms with Crippen LogP contribution in [0.3, 0.4) is 0 Å². The van der Waals surface area contributed by atoms with Gasteiger partial charge in [0.15, 0.2) is 5.13 Å². The number of halogens is 2. The van der Waals surface area contributed by atoms with E-state index in [-0.39, 0.29) is 12.3 Å². The highest BCUT2D eigenvalue weighted by Gasteiger charge is 2.13. The quantitative estimate of drug-likeness (QED) is 0.419. The van der Waals surface area contributed by atoms with Crippen molar-refractivity contribution in [1.29, 1.82) is 0 Å². The van der Waals surface area contributed by atoms with Crippen molar-refractivity contribution in [3.8, 4) is 21.8 Å². The molecule has 28 heavy (non-hydrogen) atoms. The van der Waals surface area contributed by atoms with Gasteiger partial charge in [0.1, 0.15) is 5.01 Å². The molecule has 0 aliphatic rings. The number of aromatic nitrogens is 3. The van der Waals surface area contributed by atoms with E-state index in [9.17, 15) is 4.79 Å². The lowest BCUT2D eigenvalue weighted by Gasteiger charge is -2.02. The molecule has 0 spiro atoms. The molecule has 4 rings (SSSR count). The number of anilines is 1. The zero-order valence-corrected chi connectivity index (χ0v) is 17.4. The third-order valence-electron chi connectivity index (χ3n) is 3.76. The molecule has 3 aromatic heterocycles. The van der Waals surface area contributed by atoms with Gasteiger partial charge < -0.3 is 5.32 Å². The highest BCUT2D eigenvalue weighted by atomic mass is 35.5. The van der Waals surface area contributed by atoms with Gasteiger partial charge in [0.05, 0.1) is 22.8 Å². The summed E-state index contributed by atoms with van der Waals surface area (Å²) in [6, 6.07) is 8.98. The Balaban J connectivity index is 1.43. The van der Waals surface area contributed by atoms with Crippen LogP contribution in [-0.4, -0.2) is 20.9 Å². The van der Waals surface area contributed by atoms with Crippen molar-refractivity contribution in [3.63, 3.8) is 0 Å². The number of hydrogen-bond acceptors (Lipinski definition) is 6. The maximum atomic E-state index is 12.4. The van der Waals surface area contributed by atoms with E-state index < -0.39 is 0 Å². The summed E-state index contributed by atoms with van der Waals surface area (Å²) in [6.45, 7) is 0. The number of amides is 1. The lowest BCUT2D eigenvalue weighted by Crippen LogP contribution is -2.14. The number of rotatable bonds is 5. The maximum absolute atomic E-state index is 12.4. The fourth-order valence-corrected chi connectivity index (χ4v) is 4.41. The van der Waals surface area contributed by atoms with Crippen molar-refractivity contribution in [2.24, 2.45) is 0 Å². The molecule has 0 atom stereocenters. The summed E-state index contributed by atoms with van der Waals surface area (Å²) in [4.78, 5) is 25.4. The Bertz CT molecular complexity index is 1130. The highest BCUT2D eigenvalue weighted by Crippen LogP contribution is 2.32. The minimum absolute atomic E-state index is 0.170. The van der Waals surface area contributed by atoms with E-state index in [4.69, 9.17) is 23.2 Å². The normalized spacial score (nSPS) is 10.8. The van der Waals surface area contributed by atoms with Crippen LogP contribution in [0.5, 0.6) is 0 Å². The topological polar surface area (TPSA) is 67.8 Å². The molecule has 4 aromatic rings. The number of hydrogen-bond donors (Lipinski definition) is 1. The molecule has 0 unspecified atom stereocenters. The Labute approximate surface area is 179 Å². The molecule has 1 N–H and O–H groups in total. The first-order valence-corrected chi connectivity index (χ1v) is 10.7. The van der Waals surface area contributed by atoms with Crippen molar-refractivity contribution in [2.45, 2.75) is 6.42 Å². The van der Waals surface area contributed by atoms with Crippen LogP contribution in [-0.2, 0) is 11.2 Å². The Kier molecular flexibility index (Phi) is 5.68. The van der Waals surface area contributed by atoms with E-state index in [1.807, 2.05) is 22.9 Å². The van der Waals surface area contributed by atoms with Gasteiger partial charge in [-0.15, -0.1) is 22.7 Å². The molecule has 0 aliphatic heterocycles. The molecule has 0 radical (unpaired) electrons. The maximum Gasteiger partial charge on any atom is 0.232 e. The standard InChI is InChI=1S/C19H12Cl2N4OS2/c20-12-3-4-15(21)14(6-12)16-10-28-19(24-16)25-17(26)7-13-9-27-18(23-13)11-2-1-5-22-8-11/h1-6,8-10H,7H2,(H,24,25,26). The van der Waals surface area contributed by atoms with Crippen LogP contribution in [0, 0.1) is 0 Å². The van der Waals surface area contributed by atoms with E-state index in [1.54, 1.807) is 30.6 Å². The molecular weight excluding hydrogens is 435 g/mol. The lowest BCUT2D eigenvalue weighted by molar-refractivity contribution is -0.115. The molecule has 1 aromatic carbocycles. The summed E-state index contributed by atoms with van der Waals surface area (Å²) in [6.07, 6.45) is 3.63. The SMILES string of the molecule is O=C(Cc1csc(-c2cccnc2)n1)Nc1nc(-c2cc(Cl)ccc2Cl)cs1. The van der Waals surface area contributed by atoms with Crippen LogP contribution < -0.4 is 5.32 Å². The van der Waals surface area contributed by atoms with Gasteiger partial charge in [0.25, 0.3) is 0 Å². The van der Waals surface area contributed by atoms with E-state index in [1.165, 1.54) is 22.7 Å². The number of thiazole rings is 2.